The fourth-order valence-corrected chi connectivity index (χ4v) is 2.17. The highest BCUT2D eigenvalue weighted by molar-refractivity contribution is 9.10. The van der Waals surface area contributed by atoms with E-state index in [0.717, 1.165) is 16.8 Å². The molecule has 19 heavy (non-hydrogen) atoms. The van der Waals surface area contributed by atoms with E-state index in [4.69, 9.17) is 5.26 Å². The summed E-state index contributed by atoms with van der Waals surface area (Å²) in [6.45, 7) is 2.63. The van der Waals surface area contributed by atoms with Crippen LogP contribution in [-0.4, -0.2) is 5.11 Å². The minimum Gasteiger partial charge on any atom is -0.507 e. The molecule has 0 spiro atoms. The van der Waals surface area contributed by atoms with E-state index in [0.29, 0.717) is 16.6 Å². The predicted molar refractivity (Wildman–Crippen MR) is 79.0 cm³/mol. The first-order chi connectivity index (χ1) is 9.10. The van der Waals surface area contributed by atoms with Crippen LogP contribution in [0.5, 0.6) is 5.75 Å². The van der Waals surface area contributed by atoms with Gasteiger partial charge in [-0.05, 0) is 58.2 Å². The number of aryl methyl sites for hydroxylation is 1. The Morgan fingerprint density at radius 2 is 2.05 bits per heavy atom. The second-order valence-corrected chi connectivity index (χ2v) is 5.14. The van der Waals surface area contributed by atoms with Crippen molar-refractivity contribution in [3.63, 3.8) is 0 Å². The number of anilines is 1. The summed E-state index contributed by atoms with van der Waals surface area (Å²) in [6, 6.07) is 13.1. The summed E-state index contributed by atoms with van der Waals surface area (Å²) in [5.74, 6) is 0.228. The van der Waals surface area contributed by atoms with E-state index < -0.39 is 0 Å². The molecule has 0 aromatic heterocycles. The molecular formula is C15H13BrN2O. The maximum absolute atomic E-state index is 9.44. The first-order valence-corrected chi connectivity index (χ1v) is 6.61. The molecule has 2 aromatic carbocycles. The second kappa shape index (κ2) is 5.77. The van der Waals surface area contributed by atoms with Crippen LogP contribution in [0, 0.1) is 18.3 Å². The topological polar surface area (TPSA) is 56.0 Å². The maximum Gasteiger partial charge on any atom is 0.129 e. The summed E-state index contributed by atoms with van der Waals surface area (Å²) in [4.78, 5) is 0. The number of phenols is 1. The van der Waals surface area contributed by atoms with Gasteiger partial charge in [0, 0.05) is 12.2 Å². The number of aromatic hydroxyl groups is 1. The number of hydrogen-bond acceptors (Lipinski definition) is 3. The summed E-state index contributed by atoms with van der Waals surface area (Å²) in [5.41, 5.74) is 3.73. The fourth-order valence-electron chi connectivity index (χ4n) is 1.74. The van der Waals surface area contributed by atoms with Gasteiger partial charge >= 0.3 is 0 Å². The Labute approximate surface area is 120 Å². The van der Waals surface area contributed by atoms with E-state index in [-0.39, 0.29) is 5.75 Å². The molecule has 4 heteroatoms. The van der Waals surface area contributed by atoms with Crippen LogP contribution in [0.1, 0.15) is 16.7 Å². The van der Waals surface area contributed by atoms with E-state index in [9.17, 15) is 5.11 Å². The number of phenolic OH excluding ortho intramolecular Hbond substituents is 1. The van der Waals surface area contributed by atoms with Gasteiger partial charge in [-0.25, -0.2) is 0 Å². The van der Waals surface area contributed by atoms with E-state index in [1.165, 1.54) is 0 Å². The first kappa shape index (κ1) is 13.4. The highest BCUT2D eigenvalue weighted by atomic mass is 79.9. The zero-order valence-electron chi connectivity index (χ0n) is 10.4. The molecular weight excluding hydrogens is 304 g/mol. The van der Waals surface area contributed by atoms with E-state index >= 15 is 0 Å². The molecule has 0 amide bonds. The molecule has 0 heterocycles. The maximum atomic E-state index is 9.44. The van der Waals surface area contributed by atoms with Gasteiger partial charge in [0.2, 0.25) is 0 Å². The number of nitrogens with one attached hydrogen (secondary N) is 1. The van der Waals surface area contributed by atoms with Gasteiger partial charge in [0.05, 0.1) is 16.1 Å². The summed E-state index contributed by atoms with van der Waals surface area (Å²) in [5, 5.41) is 21.6. The Hall–Kier alpha value is -1.99. The molecule has 0 saturated heterocycles. The lowest BCUT2D eigenvalue weighted by Crippen LogP contribution is -2.01. The van der Waals surface area contributed by atoms with Gasteiger partial charge in [-0.1, -0.05) is 12.1 Å². The van der Waals surface area contributed by atoms with Gasteiger partial charge in [-0.3, -0.25) is 0 Å². The predicted octanol–water partition coefficient (Wildman–Crippen LogP) is 3.95. The highest BCUT2D eigenvalue weighted by Crippen LogP contribution is 2.25. The van der Waals surface area contributed by atoms with Crippen molar-refractivity contribution in [2.24, 2.45) is 0 Å². The van der Waals surface area contributed by atoms with Gasteiger partial charge in [0.25, 0.3) is 0 Å². The highest BCUT2D eigenvalue weighted by Gasteiger charge is 2.02. The number of rotatable bonds is 3. The number of nitriles is 1. The first-order valence-electron chi connectivity index (χ1n) is 5.82. The van der Waals surface area contributed by atoms with Crippen molar-refractivity contribution in [2.75, 3.05) is 5.32 Å². The molecule has 0 aliphatic carbocycles. The molecule has 0 aliphatic rings. The molecule has 0 saturated carbocycles. The molecule has 2 rings (SSSR count). The van der Waals surface area contributed by atoms with Crippen molar-refractivity contribution in [3.8, 4) is 11.8 Å². The standard InChI is InChI=1S/C15H13BrN2O/c1-10-2-3-11(8-17)7-14(10)18-9-12-4-5-15(19)13(16)6-12/h2-7,18-19H,9H2,1H3. The summed E-state index contributed by atoms with van der Waals surface area (Å²) in [6.07, 6.45) is 0. The average Bonchev–Trinajstić information content (AvgIpc) is 2.41. The number of hydrogen-bond donors (Lipinski definition) is 2. The van der Waals surface area contributed by atoms with Crippen LogP contribution in [0.2, 0.25) is 0 Å². The lowest BCUT2D eigenvalue weighted by atomic mass is 10.1. The van der Waals surface area contributed by atoms with E-state index in [1.807, 2.05) is 31.2 Å². The van der Waals surface area contributed by atoms with E-state index in [2.05, 4.69) is 27.3 Å². The minimum absolute atomic E-state index is 0.228. The smallest absolute Gasteiger partial charge is 0.129 e. The Kier molecular flexibility index (Phi) is 4.08. The van der Waals surface area contributed by atoms with Gasteiger partial charge < -0.3 is 10.4 Å². The molecule has 0 bridgehead atoms. The van der Waals surface area contributed by atoms with Crippen LogP contribution in [0.25, 0.3) is 0 Å². The number of halogens is 1. The van der Waals surface area contributed by atoms with Crippen molar-refractivity contribution in [1.82, 2.24) is 0 Å². The van der Waals surface area contributed by atoms with Crippen LogP contribution >= 0.6 is 15.9 Å². The largest absolute Gasteiger partial charge is 0.507 e. The van der Waals surface area contributed by atoms with Gasteiger partial charge in [-0.2, -0.15) is 5.26 Å². The molecule has 2 N–H and O–H groups in total. The molecule has 2 aromatic rings. The zero-order chi connectivity index (χ0) is 13.8. The number of benzene rings is 2. The second-order valence-electron chi connectivity index (χ2n) is 4.28. The van der Waals surface area contributed by atoms with Crippen LogP contribution in [0.15, 0.2) is 40.9 Å². The van der Waals surface area contributed by atoms with Crippen LogP contribution in [-0.2, 0) is 6.54 Å². The molecule has 0 atom stereocenters. The van der Waals surface area contributed by atoms with E-state index in [1.54, 1.807) is 12.1 Å². The zero-order valence-corrected chi connectivity index (χ0v) is 12.0. The normalized spacial score (nSPS) is 9.95. The monoisotopic (exact) mass is 316 g/mol. The summed E-state index contributed by atoms with van der Waals surface area (Å²) >= 11 is 3.29. The molecule has 3 nitrogen and oxygen atoms in total. The average molecular weight is 317 g/mol. The quantitative estimate of drug-likeness (QED) is 0.901. The van der Waals surface area contributed by atoms with Crippen molar-refractivity contribution in [3.05, 3.63) is 57.6 Å². The third-order valence-electron chi connectivity index (χ3n) is 2.86. The van der Waals surface area contributed by atoms with Gasteiger partial charge in [-0.15, -0.1) is 0 Å². The van der Waals surface area contributed by atoms with Crippen molar-refractivity contribution in [2.45, 2.75) is 13.5 Å². The third kappa shape index (κ3) is 3.27. The van der Waals surface area contributed by atoms with Crippen LogP contribution < -0.4 is 5.32 Å². The lowest BCUT2D eigenvalue weighted by Gasteiger charge is -2.10. The third-order valence-corrected chi connectivity index (χ3v) is 3.50. The molecule has 0 fully saturated rings. The van der Waals surface area contributed by atoms with Gasteiger partial charge in [0.15, 0.2) is 0 Å². The Morgan fingerprint density at radius 1 is 1.26 bits per heavy atom. The van der Waals surface area contributed by atoms with Crippen molar-refractivity contribution >= 4 is 21.6 Å². The SMILES string of the molecule is Cc1ccc(C#N)cc1NCc1ccc(O)c(Br)c1. The Balaban J connectivity index is 2.14. The summed E-state index contributed by atoms with van der Waals surface area (Å²) < 4.78 is 0.675. The molecule has 0 aliphatic heterocycles. The van der Waals surface area contributed by atoms with Crippen LogP contribution in [0.3, 0.4) is 0 Å². The molecule has 0 radical (unpaired) electrons. The Bertz CT molecular complexity index is 647. The fraction of sp³-hybridized carbons (Fsp3) is 0.133. The van der Waals surface area contributed by atoms with Crippen molar-refractivity contribution in [1.29, 1.82) is 5.26 Å². The van der Waals surface area contributed by atoms with Gasteiger partial charge in [0.1, 0.15) is 5.75 Å². The molecule has 0 unspecified atom stereocenters. The Morgan fingerprint density at radius 3 is 2.74 bits per heavy atom. The van der Waals surface area contributed by atoms with Crippen molar-refractivity contribution < 1.29 is 5.11 Å². The molecule has 96 valence electrons. The number of nitrogens with zero attached hydrogens (tertiary/aromatic N) is 1. The minimum atomic E-state index is 0.228. The van der Waals surface area contributed by atoms with Crippen LogP contribution in [0.4, 0.5) is 5.69 Å². The lowest BCUT2D eigenvalue weighted by molar-refractivity contribution is 0.471. The summed E-state index contributed by atoms with van der Waals surface area (Å²) in [7, 11) is 0.